The molecule has 0 bridgehead atoms. The Kier molecular flexibility index (Phi) is 4.86. The van der Waals surface area contributed by atoms with Crippen molar-refractivity contribution < 1.29 is 0 Å². The monoisotopic (exact) mass is 241 g/mol. The third kappa shape index (κ3) is 3.56. The lowest BCUT2D eigenvalue weighted by molar-refractivity contribution is 0.874. The summed E-state index contributed by atoms with van der Waals surface area (Å²) in [6, 6.07) is 0. The number of nitrogens with two attached hydrogens (primary N) is 1. The van der Waals surface area contributed by atoms with E-state index in [2.05, 4.69) is 23.8 Å². The van der Waals surface area contributed by atoms with Crippen molar-refractivity contribution in [2.75, 3.05) is 5.73 Å². The molecular weight excluding hydrogens is 222 g/mol. The minimum absolute atomic E-state index is 0.0892. The van der Waals surface area contributed by atoms with Gasteiger partial charge in [-0.3, -0.25) is 4.79 Å². The summed E-state index contributed by atoms with van der Waals surface area (Å²) in [4.78, 5) is 18.7. The molecule has 1 aromatic rings. The second-order valence-corrected chi connectivity index (χ2v) is 5.55. The summed E-state index contributed by atoms with van der Waals surface area (Å²) in [7, 11) is 0. The molecule has 0 atom stereocenters. The Labute approximate surface area is 100 Å². The quantitative estimate of drug-likeness (QED) is 0.826. The van der Waals surface area contributed by atoms with Crippen LogP contribution in [-0.4, -0.2) is 15.2 Å². The van der Waals surface area contributed by atoms with Gasteiger partial charge in [0.05, 0.1) is 11.3 Å². The lowest BCUT2D eigenvalue weighted by Gasteiger charge is -2.07. The highest BCUT2D eigenvalue weighted by Crippen LogP contribution is 2.15. The molecule has 5 heteroatoms. The van der Waals surface area contributed by atoms with Crippen LogP contribution in [0, 0.1) is 0 Å². The fourth-order valence-corrected chi connectivity index (χ4v) is 2.00. The van der Waals surface area contributed by atoms with Crippen LogP contribution in [0.25, 0.3) is 0 Å². The van der Waals surface area contributed by atoms with E-state index in [1.807, 2.05) is 6.92 Å². The molecule has 90 valence electrons. The first-order chi connectivity index (χ1) is 7.54. The summed E-state index contributed by atoms with van der Waals surface area (Å²) >= 11 is 1.73. The van der Waals surface area contributed by atoms with E-state index in [-0.39, 0.29) is 5.56 Å². The van der Waals surface area contributed by atoms with Crippen molar-refractivity contribution in [2.24, 2.45) is 0 Å². The van der Waals surface area contributed by atoms with Gasteiger partial charge in [-0.05, 0) is 11.7 Å². The van der Waals surface area contributed by atoms with E-state index in [1.54, 1.807) is 11.8 Å². The topological polar surface area (TPSA) is 71.8 Å². The standard InChI is InChI=1S/C11H19N3OS/c1-4-5-8-10(12)13-9(14-11(8)15)6-16-7(2)3/h7H,4-6H2,1-3H3,(H3,12,13,14,15). The van der Waals surface area contributed by atoms with Crippen molar-refractivity contribution in [1.82, 2.24) is 9.97 Å². The number of hydrogen-bond acceptors (Lipinski definition) is 4. The van der Waals surface area contributed by atoms with Crippen molar-refractivity contribution in [1.29, 1.82) is 0 Å². The predicted octanol–water partition coefficient (Wildman–Crippen LogP) is 1.95. The first kappa shape index (κ1) is 13.1. The van der Waals surface area contributed by atoms with E-state index in [9.17, 15) is 4.79 Å². The summed E-state index contributed by atoms with van der Waals surface area (Å²) < 4.78 is 0. The molecule has 0 aromatic carbocycles. The minimum atomic E-state index is -0.0892. The van der Waals surface area contributed by atoms with Gasteiger partial charge in [-0.15, -0.1) is 0 Å². The zero-order chi connectivity index (χ0) is 12.1. The molecule has 0 unspecified atom stereocenters. The number of nitrogen functional groups attached to an aromatic ring is 1. The van der Waals surface area contributed by atoms with Crippen LogP contribution in [0.3, 0.4) is 0 Å². The Bertz CT molecular complexity index is 401. The van der Waals surface area contributed by atoms with Crippen LogP contribution in [0.1, 0.15) is 38.6 Å². The largest absolute Gasteiger partial charge is 0.383 e. The molecule has 0 aliphatic rings. The summed E-state index contributed by atoms with van der Waals surface area (Å²) in [5.41, 5.74) is 6.30. The number of nitrogens with one attached hydrogen (secondary N) is 1. The van der Waals surface area contributed by atoms with Crippen molar-refractivity contribution in [3.05, 3.63) is 21.7 Å². The summed E-state index contributed by atoms with van der Waals surface area (Å²) in [5.74, 6) is 1.75. The Hall–Kier alpha value is -0.970. The van der Waals surface area contributed by atoms with Gasteiger partial charge in [0.25, 0.3) is 5.56 Å². The molecule has 0 saturated carbocycles. The number of rotatable bonds is 5. The predicted molar refractivity (Wildman–Crippen MR) is 69.7 cm³/mol. The van der Waals surface area contributed by atoms with E-state index in [4.69, 9.17) is 5.73 Å². The molecule has 4 nitrogen and oxygen atoms in total. The molecule has 0 radical (unpaired) electrons. The summed E-state index contributed by atoms with van der Waals surface area (Å²) in [6.45, 7) is 6.23. The fraction of sp³-hybridized carbons (Fsp3) is 0.636. The second kappa shape index (κ2) is 5.94. The fourth-order valence-electron chi connectivity index (χ4n) is 1.37. The zero-order valence-corrected chi connectivity index (χ0v) is 10.9. The van der Waals surface area contributed by atoms with Crippen LogP contribution < -0.4 is 11.3 Å². The highest BCUT2D eigenvalue weighted by atomic mass is 32.2. The van der Waals surface area contributed by atoms with Gasteiger partial charge in [0.2, 0.25) is 0 Å². The summed E-state index contributed by atoms with van der Waals surface area (Å²) in [5, 5.41) is 0.516. The van der Waals surface area contributed by atoms with Crippen molar-refractivity contribution in [3.8, 4) is 0 Å². The average Bonchev–Trinajstić information content (AvgIpc) is 2.20. The van der Waals surface area contributed by atoms with Crippen LogP contribution in [0.2, 0.25) is 0 Å². The molecule has 16 heavy (non-hydrogen) atoms. The lowest BCUT2D eigenvalue weighted by Crippen LogP contribution is -2.19. The van der Waals surface area contributed by atoms with Gasteiger partial charge in [0.15, 0.2) is 0 Å². The molecule has 1 aromatic heterocycles. The van der Waals surface area contributed by atoms with E-state index in [0.717, 1.165) is 6.42 Å². The van der Waals surface area contributed by atoms with Gasteiger partial charge in [-0.1, -0.05) is 27.2 Å². The molecule has 1 heterocycles. The maximum Gasteiger partial charge on any atom is 0.256 e. The number of aromatic amines is 1. The highest BCUT2D eigenvalue weighted by Gasteiger charge is 2.08. The Morgan fingerprint density at radius 1 is 1.50 bits per heavy atom. The number of hydrogen-bond donors (Lipinski definition) is 2. The van der Waals surface area contributed by atoms with Crippen LogP contribution in [0.15, 0.2) is 4.79 Å². The number of anilines is 1. The molecule has 3 N–H and O–H groups in total. The molecule has 0 aliphatic carbocycles. The van der Waals surface area contributed by atoms with Gasteiger partial charge in [-0.25, -0.2) is 4.98 Å². The molecule has 0 spiro atoms. The minimum Gasteiger partial charge on any atom is -0.383 e. The maximum absolute atomic E-state index is 11.7. The van der Waals surface area contributed by atoms with Crippen LogP contribution in [0.5, 0.6) is 0 Å². The smallest absolute Gasteiger partial charge is 0.256 e. The Balaban J connectivity index is 2.87. The van der Waals surface area contributed by atoms with Crippen LogP contribution in [0.4, 0.5) is 5.82 Å². The second-order valence-electron chi connectivity index (χ2n) is 3.99. The number of H-pyrrole nitrogens is 1. The van der Waals surface area contributed by atoms with Gasteiger partial charge < -0.3 is 10.7 Å². The molecule has 0 aliphatic heterocycles. The third-order valence-electron chi connectivity index (χ3n) is 2.15. The molecule has 1 rings (SSSR count). The number of aromatic nitrogens is 2. The Morgan fingerprint density at radius 3 is 2.69 bits per heavy atom. The van der Waals surface area contributed by atoms with Crippen molar-refractivity contribution >= 4 is 17.6 Å². The van der Waals surface area contributed by atoms with Crippen molar-refractivity contribution in [2.45, 2.75) is 44.6 Å². The zero-order valence-electron chi connectivity index (χ0n) is 10.0. The maximum atomic E-state index is 11.7. The van der Waals surface area contributed by atoms with Crippen LogP contribution in [-0.2, 0) is 12.2 Å². The lowest BCUT2D eigenvalue weighted by atomic mass is 10.2. The summed E-state index contributed by atoms with van der Waals surface area (Å²) in [6.07, 6.45) is 1.58. The van der Waals surface area contributed by atoms with E-state index in [1.165, 1.54) is 0 Å². The number of thioether (sulfide) groups is 1. The molecule has 0 saturated heterocycles. The molecule has 0 amide bonds. The van der Waals surface area contributed by atoms with E-state index < -0.39 is 0 Å². The average molecular weight is 241 g/mol. The number of nitrogens with zero attached hydrogens (tertiary/aromatic N) is 1. The first-order valence-electron chi connectivity index (χ1n) is 5.53. The van der Waals surface area contributed by atoms with E-state index >= 15 is 0 Å². The third-order valence-corrected chi connectivity index (χ3v) is 3.26. The van der Waals surface area contributed by atoms with Gasteiger partial charge in [0, 0.05) is 0 Å². The van der Waals surface area contributed by atoms with Gasteiger partial charge >= 0.3 is 0 Å². The first-order valence-corrected chi connectivity index (χ1v) is 6.58. The highest BCUT2D eigenvalue weighted by molar-refractivity contribution is 7.99. The normalized spacial score (nSPS) is 11.0. The Morgan fingerprint density at radius 2 is 2.19 bits per heavy atom. The van der Waals surface area contributed by atoms with Gasteiger partial charge in [-0.2, -0.15) is 11.8 Å². The van der Waals surface area contributed by atoms with Crippen LogP contribution >= 0.6 is 11.8 Å². The van der Waals surface area contributed by atoms with Gasteiger partial charge in [0.1, 0.15) is 11.6 Å². The SMILES string of the molecule is CCCc1c(N)nc(CSC(C)C)[nH]c1=O. The van der Waals surface area contributed by atoms with E-state index in [0.29, 0.717) is 34.6 Å². The van der Waals surface area contributed by atoms with Crippen molar-refractivity contribution in [3.63, 3.8) is 0 Å². The molecular formula is C11H19N3OS. The molecule has 0 fully saturated rings.